The molecule has 0 unspecified atom stereocenters. The number of rotatable bonds is 0. The Morgan fingerprint density at radius 3 is 0.750 bits per heavy atom. The minimum Gasteiger partial charge on any atom is -1.00 e. The summed E-state index contributed by atoms with van der Waals surface area (Å²) in [5.74, 6) is 0. The monoisotopic (exact) mass is 192 g/mol. The van der Waals surface area contributed by atoms with Gasteiger partial charge in [-0.2, -0.15) is 0 Å². The summed E-state index contributed by atoms with van der Waals surface area (Å²) in [5, 5.41) is 0. The fourth-order valence-electron chi connectivity index (χ4n) is 0. The van der Waals surface area contributed by atoms with Gasteiger partial charge in [-0.3, -0.25) is 0 Å². The molecule has 0 bridgehead atoms. The molecule has 0 aromatic carbocycles. The van der Waals surface area contributed by atoms with E-state index in [-0.39, 0.29) is 60.8 Å². The number of halogens is 2. The quantitative estimate of drug-likeness (QED) is 0.337. The zero-order valence-electron chi connectivity index (χ0n) is 1.78. The molecule has 4 heteroatoms. The van der Waals surface area contributed by atoms with Crippen molar-refractivity contribution in [2.45, 2.75) is 0 Å². The van der Waals surface area contributed by atoms with Gasteiger partial charge in [0.25, 0.3) is 0 Å². The molecule has 0 aromatic rings. The Labute approximate surface area is 60.6 Å². The summed E-state index contributed by atoms with van der Waals surface area (Å²) in [6.07, 6.45) is 0. The topological polar surface area (TPSA) is 0 Å². The summed E-state index contributed by atoms with van der Waals surface area (Å²) in [7, 11) is 0. The summed E-state index contributed by atoms with van der Waals surface area (Å²) >= 11 is 0. The third-order valence-electron chi connectivity index (χ3n) is 0. The van der Waals surface area contributed by atoms with E-state index in [1.54, 1.807) is 0 Å². The van der Waals surface area contributed by atoms with Gasteiger partial charge in [-0.1, -0.05) is 0 Å². The van der Waals surface area contributed by atoms with Gasteiger partial charge in [0.1, 0.15) is 0 Å². The molecule has 0 fully saturated rings. The number of hydrogen-bond donors (Lipinski definition) is 0. The first-order chi connectivity index (χ1) is 0. The van der Waals surface area contributed by atoms with E-state index in [1.165, 1.54) is 0 Å². The fourth-order valence-corrected chi connectivity index (χ4v) is 0. The van der Waals surface area contributed by atoms with Crippen LogP contribution in [0.25, 0.3) is 0 Å². The molecule has 0 amide bonds. The Balaban J connectivity index is 0. The van der Waals surface area contributed by atoms with Crippen molar-refractivity contribution in [3.05, 3.63) is 0 Å². The average molecular weight is 195 g/mol. The van der Waals surface area contributed by atoms with Crippen LogP contribution in [-0.2, 0) is 36.0 Å². The maximum absolute atomic E-state index is 0. The van der Waals surface area contributed by atoms with Gasteiger partial charge in [-0.05, 0) is 0 Å². The van der Waals surface area contributed by atoms with E-state index in [0.29, 0.717) is 0 Å². The van der Waals surface area contributed by atoms with Crippen molar-refractivity contribution < 1.29 is 60.8 Å². The van der Waals surface area contributed by atoms with Crippen molar-refractivity contribution in [2.75, 3.05) is 0 Å². The standard InChI is InChI=1S/2ClH.Ni.Zn/h2*1H;;/q;;;+2/p-2. The first-order valence-corrected chi connectivity index (χ1v) is 0. The van der Waals surface area contributed by atoms with Gasteiger partial charge in [0.2, 0.25) is 0 Å². The van der Waals surface area contributed by atoms with Crippen molar-refractivity contribution in [1.29, 1.82) is 0 Å². The molecule has 0 saturated heterocycles. The van der Waals surface area contributed by atoms with Gasteiger partial charge in [-0.25, -0.2) is 0 Å². The SMILES string of the molecule is [Cl-].[Cl-].[Ni].[Zn+2]. The van der Waals surface area contributed by atoms with Gasteiger partial charge in [0.05, 0.1) is 0 Å². The maximum atomic E-state index is 0. The summed E-state index contributed by atoms with van der Waals surface area (Å²) < 4.78 is 0. The van der Waals surface area contributed by atoms with E-state index < -0.39 is 0 Å². The first kappa shape index (κ1) is 43.6. The molecular weight excluding hydrogens is 195 g/mol. The van der Waals surface area contributed by atoms with Crippen molar-refractivity contribution in [3.63, 3.8) is 0 Å². The zero-order valence-corrected chi connectivity index (χ0v) is 7.25. The third-order valence-corrected chi connectivity index (χ3v) is 0. The van der Waals surface area contributed by atoms with Gasteiger partial charge in [-0.15, -0.1) is 0 Å². The summed E-state index contributed by atoms with van der Waals surface area (Å²) in [6.45, 7) is 0. The minimum atomic E-state index is 0. The number of hydrogen-bond acceptors (Lipinski definition) is 0. The zero-order chi connectivity index (χ0) is 0. The van der Waals surface area contributed by atoms with E-state index in [0.717, 1.165) is 0 Å². The molecule has 0 aliphatic heterocycles. The Kier molecular flexibility index (Phi) is 243. The Morgan fingerprint density at radius 2 is 0.750 bits per heavy atom. The fraction of sp³-hybridized carbons (Fsp3) is 0. The summed E-state index contributed by atoms with van der Waals surface area (Å²) in [5.41, 5.74) is 0. The predicted molar refractivity (Wildman–Crippen MR) is 0 cm³/mol. The van der Waals surface area contributed by atoms with Crippen LogP contribution in [-0.4, -0.2) is 0 Å². The largest absolute Gasteiger partial charge is 2.00 e. The molecule has 0 radical (unpaired) electrons. The minimum absolute atomic E-state index is 0. The first-order valence-electron chi connectivity index (χ1n) is 0. The molecular formula is Cl2NiZn. The van der Waals surface area contributed by atoms with Crippen LogP contribution in [0.4, 0.5) is 0 Å². The molecule has 0 nitrogen and oxygen atoms in total. The second-order valence-corrected chi connectivity index (χ2v) is 0. The second-order valence-electron chi connectivity index (χ2n) is 0. The van der Waals surface area contributed by atoms with Crippen LogP contribution in [0.3, 0.4) is 0 Å². The van der Waals surface area contributed by atoms with E-state index in [9.17, 15) is 0 Å². The molecule has 0 aliphatic rings. The molecule has 0 saturated carbocycles. The Hall–Kier alpha value is 1.70. The van der Waals surface area contributed by atoms with Crippen molar-refractivity contribution in [2.24, 2.45) is 0 Å². The predicted octanol–water partition coefficient (Wildman–Crippen LogP) is -6.00. The Morgan fingerprint density at radius 1 is 0.750 bits per heavy atom. The van der Waals surface area contributed by atoms with Gasteiger partial charge in [0.15, 0.2) is 0 Å². The smallest absolute Gasteiger partial charge is 1.00 e. The van der Waals surface area contributed by atoms with Gasteiger partial charge >= 0.3 is 19.5 Å². The van der Waals surface area contributed by atoms with E-state index in [1.807, 2.05) is 0 Å². The van der Waals surface area contributed by atoms with Gasteiger partial charge < -0.3 is 24.8 Å². The molecule has 0 rings (SSSR count). The molecule has 26 valence electrons. The summed E-state index contributed by atoms with van der Waals surface area (Å²) in [6, 6.07) is 0. The van der Waals surface area contributed by atoms with E-state index in [2.05, 4.69) is 0 Å². The molecule has 0 aromatic heterocycles. The van der Waals surface area contributed by atoms with Crippen LogP contribution in [0.15, 0.2) is 0 Å². The molecule has 0 atom stereocenters. The average Bonchev–Trinajstić information content (AvgIpc) is 0. The van der Waals surface area contributed by atoms with E-state index >= 15 is 0 Å². The molecule has 0 heterocycles. The second kappa shape index (κ2) is 22.3. The summed E-state index contributed by atoms with van der Waals surface area (Å²) in [4.78, 5) is 0. The molecule has 0 N–H and O–H groups in total. The van der Waals surface area contributed by atoms with Crippen molar-refractivity contribution in [3.8, 4) is 0 Å². The molecule has 4 heavy (non-hydrogen) atoms. The van der Waals surface area contributed by atoms with Crippen molar-refractivity contribution in [1.82, 2.24) is 0 Å². The third kappa shape index (κ3) is 9.34. The van der Waals surface area contributed by atoms with Crippen LogP contribution in [0.2, 0.25) is 0 Å². The molecule has 0 aliphatic carbocycles. The Bertz CT molecular complexity index is 6.00. The molecule has 0 spiro atoms. The van der Waals surface area contributed by atoms with Crippen LogP contribution in [0.5, 0.6) is 0 Å². The van der Waals surface area contributed by atoms with Gasteiger partial charge in [0, 0.05) is 16.5 Å². The van der Waals surface area contributed by atoms with Crippen LogP contribution in [0, 0.1) is 0 Å². The van der Waals surface area contributed by atoms with Crippen LogP contribution >= 0.6 is 0 Å². The van der Waals surface area contributed by atoms with Crippen molar-refractivity contribution >= 4 is 0 Å². The maximum Gasteiger partial charge on any atom is 2.00 e. The van der Waals surface area contributed by atoms with Crippen LogP contribution in [0.1, 0.15) is 0 Å². The normalized spacial score (nSPS) is 0. The van der Waals surface area contributed by atoms with Crippen LogP contribution < -0.4 is 24.8 Å². The van der Waals surface area contributed by atoms with E-state index in [4.69, 9.17) is 0 Å².